The molecule has 2 unspecified atom stereocenters. The van der Waals surface area contributed by atoms with Crippen LogP contribution in [-0.4, -0.2) is 86.4 Å². The summed E-state index contributed by atoms with van der Waals surface area (Å²) >= 11 is 0. The van der Waals surface area contributed by atoms with Gasteiger partial charge in [-0.25, -0.2) is 0 Å². The molecule has 44 heavy (non-hydrogen) atoms. The largest absolute Gasteiger partial charge is 0.493 e. The van der Waals surface area contributed by atoms with Crippen molar-refractivity contribution < 1.29 is 33.2 Å². The van der Waals surface area contributed by atoms with Gasteiger partial charge in [0.15, 0.2) is 0 Å². The van der Waals surface area contributed by atoms with E-state index in [2.05, 4.69) is 68.4 Å². The Morgan fingerprint density at radius 3 is 1.91 bits per heavy atom. The molecule has 0 amide bonds. The average Bonchev–Trinajstić information content (AvgIpc) is 3.52. The fraction of sp³-hybridized carbons (Fsp3) is 0.514. The van der Waals surface area contributed by atoms with Gasteiger partial charge in [0.2, 0.25) is 0 Å². The lowest BCUT2D eigenvalue weighted by Gasteiger charge is -2.28. The van der Waals surface area contributed by atoms with Crippen LogP contribution in [0.1, 0.15) is 41.5 Å². The number of fused-ring (bicyclic) bond motifs is 5. The van der Waals surface area contributed by atoms with Gasteiger partial charge in [0.05, 0.1) is 58.5 Å². The molecular weight excluding hydrogens is 556 g/mol. The van der Waals surface area contributed by atoms with E-state index in [-0.39, 0.29) is 17.6 Å². The van der Waals surface area contributed by atoms with Crippen molar-refractivity contribution in [3.8, 4) is 28.0 Å². The van der Waals surface area contributed by atoms with Gasteiger partial charge < -0.3 is 33.2 Å². The molecule has 1 fully saturated rings. The van der Waals surface area contributed by atoms with E-state index in [9.17, 15) is 0 Å². The minimum Gasteiger partial charge on any atom is -0.493 e. The lowest BCUT2D eigenvalue weighted by Crippen LogP contribution is -2.28. The predicted octanol–water partition coefficient (Wildman–Crippen LogP) is 6.53. The fourth-order valence-electron chi connectivity index (χ4n) is 6.71. The number of benzene rings is 3. The Bertz CT molecular complexity index is 1330. The third-order valence-corrected chi connectivity index (χ3v) is 8.83. The van der Waals surface area contributed by atoms with E-state index in [1.165, 1.54) is 44.5 Å². The Morgan fingerprint density at radius 1 is 0.614 bits per heavy atom. The third kappa shape index (κ3) is 7.20. The molecule has 0 radical (unpaired) electrons. The first kappa shape index (κ1) is 32.6. The van der Waals surface area contributed by atoms with Crippen LogP contribution in [0.3, 0.4) is 0 Å². The molecule has 0 saturated heterocycles. The molecule has 7 heteroatoms. The molecule has 0 aliphatic heterocycles. The topological polar surface area (TPSA) is 64.6 Å². The molecular formula is C37H48O7. The maximum atomic E-state index is 6.53. The standard InChI is InChI=1S/C37H48O7/c1-26-7-9-28(10-8-26)29-11-12-30-31(23-29)37(24-34(43-19-16-39-4)35(25-37)44-20-17-40-5)32-21-27(2)22-33(36(30)32)42-14-6-13-41-18-15-38-3/h7-12,21-23,34-35H,6,13-20,24-25H2,1-5H3. The van der Waals surface area contributed by atoms with Crippen molar-refractivity contribution in [3.63, 3.8) is 0 Å². The van der Waals surface area contributed by atoms with Crippen LogP contribution >= 0.6 is 0 Å². The van der Waals surface area contributed by atoms with Gasteiger partial charge in [-0.3, -0.25) is 0 Å². The molecule has 2 aliphatic carbocycles. The number of aryl methyl sites for hydroxylation is 2. The van der Waals surface area contributed by atoms with Crippen molar-refractivity contribution in [3.05, 3.63) is 76.9 Å². The van der Waals surface area contributed by atoms with Crippen LogP contribution < -0.4 is 4.74 Å². The van der Waals surface area contributed by atoms with E-state index in [0.29, 0.717) is 52.9 Å². The summed E-state index contributed by atoms with van der Waals surface area (Å²) in [5.74, 6) is 0.929. The van der Waals surface area contributed by atoms with Crippen molar-refractivity contribution in [1.29, 1.82) is 0 Å². The van der Waals surface area contributed by atoms with Crippen molar-refractivity contribution >= 4 is 0 Å². The first-order valence-corrected chi connectivity index (χ1v) is 15.8. The van der Waals surface area contributed by atoms with Crippen LogP contribution in [0, 0.1) is 13.8 Å². The number of methoxy groups -OCH3 is 3. The molecule has 0 heterocycles. The zero-order chi connectivity index (χ0) is 30.9. The van der Waals surface area contributed by atoms with Gasteiger partial charge >= 0.3 is 0 Å². The maximum Gasteiger partial charge on any atom is 0.127 e. The van der Waals surface area contributed by atoms with Gasteiger partial charge in [-0.15, -0.1) is 0 Å². The highest BCUT2D eigenvalue weighted by molar-refractivity contribution is 5.88. The molecule has 0 aromatic heterocycles. The molecule has 2 aliphatic rings. The third-order valence-electron chi connectivity index (χ3n) is 8.83. The second kappa shape index (κ2) is 15.5. The minimum atomic E-state index is -0.270. The van der Waals surface area contributed by atoms with Crippen molar-refractivity contribution in [2.24, 2.45) is 0 Å². The summed E-state index contributed by atoms with van der Waals surface area (Å²) in [5, 5.41) is 0. The summed E-state index contributed by atoms with van der Waals surface area (Å²) in [5.41, 5.74) is 9.64. The number of hydrogen-bond acceptors (Lipinski definition) is 7. The Balaban J connectivity index is 1.53. The van der Waals surface area contributed by atoms with Crippen molar-refractivity contribution in [1.82, 2.24) is 0 Å². The van der Waals surface area contributed by atoms with E-state index < -0.39 is 0 Å². The molecule has 2 atom stereocenters. The van der Waals surface area contributed by atoms with Crippen LogP contribution in [0.5, 0.6) is 5.75 Å². The molecule has 3 aromatic rings. The van der Waals surface area contributed by atoms with Gasteiger partial charge in [-0.05, 0) is 72.2 Å². The average molecular weight is 605 g/mol. The number of ether oxygens (including phenoxy) is 7. The van der Waals surface area contributed by atoms with Gasteiger partial charge in [0, 0.05) is 45.3 Å². The first-order valence-electron chi connectivity index (χ1n) is 15.8. The molecule has 0 N–H and O–H groups in total. The molecule has 1 spiro atoms. The predicted molar refractivity (Wildman–Crippen MR) is 173 cm³/mol. The Morgan fingerprint density at radius 2 is 1.25 bits per heavy atom. The lowest BCUT2D eigenvalue weighted by molar-refractivity contribution is -0.0742. The molecule has 1 saturated carbocycles. The van der Waals surface area contributed by atoms with Crippen LogP contribution in [0.4, 0.5) is 0 Å². The highest BCUT2D eigenvalue weighted by Crippen LogP contribution is 2.60. The number of rotatable bonds is 17. The van der Waals surface area contributed by atoms with Gasteiger partial charge in [0.25, 0.3) is 0 Å². The van der Waals surface area contributed by atoms with Gasteiger partial charge in [-0.1, -0.05) is 48.0 Å². The molecule has 5 rings (SSSR count). The molecule has 0 bridgehead atoms. The summed E-state index contributed by atoms with van der Waals surface area (Å²) in [7, 11) is 5.10. The highest BCUT2D eigenvalue weighted by atomic mass is 16.6. The van der Waals surface area contributed by atoms with Gasteiger partial charge in [0.1, 0.15) is 5.75 Å². The van der Waals surface area contributed by atoms with Crippen LogP contribution in [0.15, 0.2) is 54.6 Å². The zero-order valence-corrected chi connectivity index (χ0v) is 27.0. The molecule has 3 aromatic carbocycles. The number of hydrogen-bond donors (Lipinski definition) is 0. The monoisotopic (exact) mass is 604 g/mol. The van der Waals surface area contributed by atoms with E-state index in [4.69, 9.17) is 33.2 Å². The summed E-state index contributed by atoms with van der Waals surface area (Å²) in [4.78, 5) is 0. The van der Waals surface area contributed by atoms with E-state index in [1.54, 1.807) is 21.3 Å². The van der Waals surface area contributed by atoms with Crippen molar-refractivity contribution in [2.75, 3.05) is 74.2 Å². The van der Waals surface area contributed by atoms with Crippen LogP contribution in [0.25, 0.3) is 22.3 Å². The Hall–Kier alpha value is -2.78. The minimum absolute atomic E-state index is 0.0713. The SMILES string of the molecule is COCCOCCCOc1cc(C)cc2c1-c1ccc(-c3ccc(C)cc3)cc1C21CC(OCCOC)C(OCCOC)C1. The molecule has 238 valence electrons. The van der Waals surface area contributed by atoms with Gasteiger partial charge in [-0.2, -0.15) is 0 Å². The Labute approximate surface area is 262 Å². The summed E-state index contributed by atoms with van der Waals surface area (Å²) in [6.07, 6.45) is 2.31. The summed E-state index contributed by atoms with van der Waals surface area (Å²) in [6, 6.07) is 20.2. The van der Waals surface area contributed by atoms with Crippen LogP contribution in [0.2, 0.25) is 0 Å². The molecule has 7 nitrogen and oxygen atoms in total. The van der Waals surface area contributed by atoms with E-state index in [0.717, 1.165) is 25.0 Å². The lowest BCUT2D eigenvalue weighted by atomic mass is 9.75. The quantitative estimate of drug-likeness (QED) is 0.163. The van der Waals surface area contributed by atoms with E-state index >= 15 is 0 Å². The summed E-state index contributed by atoms with van der Waals surface area (Å²) in [6.45, 7) is 8.84. The fourth-order valence-corrected chi connectivity index (χ4v) is 6.71. The smallest absolute Gasteiger partial charge is 0.127 e. The maximum absolute atomic E-state index is 6.53. The van der Waals surface area contributed by atoms with Crippen molar-refractivity contribution in [2.45, 2.75) is 50.7 Å². The zero-order valence-electron chi connectivity index (χ0n) is 27.0. The second-order valence-electron chi connectivity index (χ2n) is 11.9. The summed E-state index contributed by atoms with van der Waals surface area (Å²) < 4.78 is 40.9. The Kier molecular flexibility index (Phi) is 11.5. The first-order chi connectivity index (χ1) is 21.5. The second-order valence-corrected chi connectivity index (χ2v) is 11.9. The highest BCUT2D eigenvalue weighted by Gasteiger charge is 2.54. The normalized spacial score (nSPS) is 20.3. The van der Waals surface area contributed by atoms with Crippen LogP contribution in [-0.2, 0) is 33.8 Å². The van der Waals surface area contributed by atoms with E-state index in [1.807, 2.05) is 0 Å².